The Morgan fingerprint density at radius 2 is 1.49 bits per heavy atom. The maximum absolute atomic E-state index is 6.98. The van der Waals surface area contributed by atoms with Crippen LogP contribution in [0, 0.1) is 0 Å². The second-order valence-electron chi connectivity index (χ2n) is 13.2. The van der Waals surface area contributed by atoms with E-state index in [1.807, 2.05) is 6.20 Å². The molecular weight excluding hydrogens is 566 g/mol. The normalized spacial score (nSPS) is 17.2. The number of nitrogens with one attached hydrogen (secondary N) is 1. The molecule has 0 spiro atoms. The molecule has 2 aromatic heterocycles. The molecule has 1 saturated carbocycles. The van der Waals surface area contributed by atoms with Gasteiger partial charge in [0.15, 0.2) is 8.24 Å². The van der Waals surface area contributed by atoms with Gasteiger partial charge in [-0.05, 0) is 64.8 Å². The zero-order chi connectivity index (χ0) is 30.7. The molecule has 3 N–H and O–H groups in total. The van der Waals surface area contributed by atoms with Crippen molar-refractivity contribution in [2.24, 2.45) is 5.84 Å². The van der Waals surface area contributed by atoms with Gasteiger partial charge in [-0.3, -0.25) is 10.7 Å². The fourth-order valence-electron chi connectivity index (χ4n) is 8.13. The third-order valence-corrected chi connectivity index (χ3v) is 16.9. The lowest BCUT2D eigenvalue weighted by Crippen LogP contribution is -2.51. The minimum Gasteiger partial charge on any atom is -0.359 e. The van der Waals surface area contributed by atoms with Crippen molar-refractivity contribution in [2.45, 2.75) is 96.6 Å². The van der Waals surface area contributed by atoms with E-state index >= 15 is 0 Å². The van der Waals surface area contributed by atoms with E-state index in [0.717, 1.165) is 54.6 Å². The van der Waals surface area contributed by atoms with Gasteiger partial charge < -0.3 is 9.66 Å². The number of benzene rings is 2. The molecule has 1 fully saturated rings. The summed E-state index contributed by atoms with van der Waals surface area (Å²) in [6.45, 7) is 16.2. The molecule has 228 valence electrons. The molecular formula is C36H48ClN5Si. The lowest BCUT2D eigenvalue weighted by molar-refractivity contribution is 0.182. The summed E-state index contributed by atoms with van der Waals surface area (Å²) in [5.41, 5.74) is 11.8. The zero-order valence-corrected chi connectivity index (χ0v) is 28.4. The van der Waals surface area contributed by atoms with Crippen molar-refractivity contribution in [3.63, 3.8) is 0 Å². The van der Waals surface area contributed by atoms with Crippen LogP contribution in [0.4, 0.5) is 0 Å². The first-order chi connectivity index (χ1) is 20.7. The summed E-state index contributed by atoms with van der Waals surface area (Å²) < 4.78 is 2.56. The molecule has 1 aliphatic carbocycles. The molecule has 0 bridgehead atoms. The van der Waals surface area contributed by atoms with Gasteiger partial charge in [0.25, 0.3) is 0 Å². The predicted octanol–water partition coefficient (Wildman–Crippen LogP) is 9.14. The van der Waals surface area contributed by atoms with Crippen molar-refractivity contribution < 1.29 is 0 Å². The number of hydrogen-bond acceptors (Lipinski definition) is 4. The highest BCUT2D eigenvalue weighted by atomic mass is 35.5. The smallest absolute Gasteiger partial charge is 0.171 e. The van der Waals surface area contributed by atoms with Crippen LogP contribution in [0.2, 0.25) is 21.6 Å². The number of fused-ring (bicyclic) bond motifs is 1. The number of aromatic nitrogens is 2. The van der Waals surface area contributed by atoms with Gasteiger partial charge in [0.1, 0.15) is 5.65 Å². The number of nitrogens with zero attached hydrogens (tertiary/aromatic N) is 3. The molecule has 4 aromatic rings. The van der Waals surface area contributed by atoms with Gasteiger partial charge in [0, 0.05) is 36.3 Å². The van der Waals surface area contributed by atoms with Crippen LogP contribution in [-0.2, 0) is 13.1 Å². The molecule has 43 heavy (non-hydrogen) atoms. The van der Waals surface area contributed by atoms with Gasteiger partial charge in [0.2, 0.25) is 0 Å². The zero-order valence-electron chi connectivity index (χ0n) is 26.6. The second-order valence-corrected chi connectivity index (χ2v) is 19.3. The van der Waals surface area contributed by atoms with Crippen LogP contribution in [0.25, 0.3) is 16.7 Å². The number of nitrogens with two attached hydrogens (primary N) is 1. The molecule has 0 unspecified atom stereocenters. The van der Waals surface area contributed by atoms with E-state index in [9.17, 15) is 0 Å². The fraction of sp³-hybridized carbons (Fsp3) is 0.417. The predicted molar refractivity (Wildman–Crippen MR) is 185 cm³/mol. The maximum Gasteiger partial charge on any atom is 0.171 e. The van der Waals surface area contributed by atoms with Gasteiger partial charge in [-0.15, -0.1) is 0 Å². The standard InChI is InChI=1S/C36H48ClN5Si/c1-25(2)43(26(3)4,27(5)6)42-20-19-32-34(33(37)22-39-36(32)42)35(40-38)30-17-18-31(21-30)41(23-28-13-9-7-10-14-28)24-29-15-11-8-12-16-29/h7-16,19-20,22,25-27,31,40H,17-18,21,23-24,38H2,1-6H3/t31-/m1/s1. The van der Waals surface area contributed by atoms with Crippen LogP contribution in [0.3, 0.4) is 0 Å². The van der Waals surface area contributed by atoms with Crippen LogP contribution in [-0.4, -0.2) is 28.4 Å². The van der Waals surface area contributed by atoms with Crippen molar-refractivity contribution in [3.05, 3.63) is 106 Å². The summed E-state index contributed by atoms with van der Waals surface area (Å²) in [6, 6.07) is 24.2. The second kappa shape index (κ2) is 13.4. The van der Waals surface area contributed by atoms with Crippen molar-refractivity contribution in [3.8, 4) is 0 Å². The fourth-order valence-corrected chi connectivity index (χ4v) is 14.9. The van der Waals surface area contributed by atoms with E-state index in [1.54, 1.807) is 0 Å². The molecule has 0 amide bonds. The van der Waals surface area contributed by atoms with Gasteiger partial charge in [-0.2, -0.15) is 0 Å². The Labute approximate surface area is 264 Å². The lowest BCUT2D eigenvalue weighted by atomic mass is 10.0. The van der Waals surface area contributed by atoms with E-state index < -0.39 is 8.24 Å². The molecule has 1 aliphatic rings. The first kappa shape index (κ1) is 31.5. The first-order valence-electron chi connectivity index (χ1n) is 15.8. The third-order valence-electron chi connectivity index (χ3n) is 9.84. The van der Waals surface area contributed by atoms with Gasteiger partial charge in [-0.1, -0.05) is 114 Å². The van der Waals surface area contributed by atoms with Crippen LogP contribution < -0.4 is 11.3 Å². The highest BCUT2D eigenvalue weighted by molar-refractivity contribution is 6.82. The lowest BCUT2D eigenvalue weighted by Gasteiger charge is -2.44. The summed E-state index contributed by atoms with van der Waals surface area (Å²) >= 11 is 6.98. The van der Waals surface area contributed by atoms with Crippen molar-refractivity contribution in [1.82, 2.24) is 19.5 Å². The molecule has 2 heterocycles. The summed E-state index contributed by atoms with van der Waals surface area (Å²) in [5, 5.41) is 1.73. The summed E-state index contributed by atoms with van der Waals surface area (Å²) in [4.78, 5) is 7.59. The van der Waals surface area contributed by atoms with E-state index in [4.69, 9.17) is 22.4 Å². The SMILES string of the molecule is CC(C)[Si](C(C)C)(C(C)C)n1ccc2c(C(NN)=C3CC[C@@H](N(Cc4ccccc4)Cc4ccccc4)C3)c(Cl)cnc21. The number of hydrogen-bond donors (Lipinski definition) is 2. The van der Waals surface area contributed by atoms with Crippen LogP contribution in [0.1, 0.15) is 77.5 Å². The van der Waals surface area contributed by atoms with Crippen molar-refractivity contribution >= 4 is 36.6 Å². The Morgan fingerprint density at radius 1 is 0.930 bits per heavy atom. The topological polar surface area (TPSA) is 59.1 Å². The third kappa shape index (κ3) is 6.08. The van der Waals surface area contributed by atoms with E-state index in [1.165, 1.54) is 16.7 Å². The van der Waals surface area contributed by atoms with Crippen LogP contribution >= 0.6 is 11.6 Å². The van der Waals surface area contributed by atoms with Crippen molar-refractivity contribution in [2.75, 3.05) is 0 Å². The van der Waals surface area contributed by atoms with E-state index in [2.05, 4.69) is 129 Å². The van der Waals surface area contributed by atoms with Crippen LogP contribution in [0.5, 0.6) is 0 Å². The average Bonchev–Trinajstić information content (AvgIpc) is 3.64. The highest BCUT2D eigenvalue weighted by Gasteiger charge is 2.46. The number of halogens is 1. The average molecular weight is 614 g/mol. The largest absolute Gasteiger partial charge is 0.359 e. The summed E-state index contributed by atoms with van der Waals surface area (Å²) in [7, 11) is -2.00. The Balaban J connectivity index is 1.54. The molecule has 0 saturated heterocycles. The monoisotopic (exact) mass is 613 g/mol. The minimum absolute atomic E-state index is 0.405. The molecule has 5 rings (SSSR count). The Hall–Kier alpha value is -2.90. The maximum atomic E-state index is 6.98. The molecule has 0 aliphatic heterocycles. The number of hydrazine groups is 1. The highest BCUT2D eigenvalue weighted by Crippen LogP contribution is 2.45. The van der Waals surface area contributed by atoms with E-state index in [-0.39, 0.29) is 0 Å². The molecule has 2 aromatic carbocycles. The van der Waals surface area contributed by atoms with Crippen molar-refractivity contribution in [1.29, 1.82) is 0 Å². The van der Waals surface area contributed by atoms with Gasteiger partial charge in [-0.25, -0.2) is 4.98 Å². The number of rotatable bonds is 11. The minimum atomic E-state index is -2.00. The summed E-state index contributed by atoms with van der Waals surface area (Å²) in [5.74, 6) is 6.35. The quantitative estimate of drug-likeness (QED) is 0.101. The van der Waals surface area contributed by atoms with Gasteiger partial charge in [0.05, 0.1) is 10.7 Å². The molecule has 0 radical (unpaired) electrons. The molecule has 1 atom stereocenters. The molecule has 5 nitrogen and oxygen atoms in total. The first-order valence-corrected chi connectivity index (χ1v) is 18.4. The van der Waals surface area contributed by atoms with E-state index in [0.29, 0.717) is 27.7 Å². The Bertz CT molecular complexity index is 1480. The summed E-state index contributed by atoms with van der Waals surface area (Å²) in [6.07, 6.45) is 7.12. The number of pyridine rings is 1. The Kier molecular flexibility index (Phi) is 9.82. The Morgan fingerprint density at radius 3 is 2.00 bits per heavy atom. The van der Waals surface area contributed by atoms with Gasteiger partial charge >= 0.3 is 0 Å². The van der Waals surface area contributed by atoms with Crippen LogP contribution in [0.15, 0.2) is 84.7 Å². The molecule has 7 heteroatoms.